The Morgan fingerprint density at radius 2 is 2.20 bits per heavy atom. The van der Waals surface area contributed by atoms with E-state index < -0.39 is 4.92 Å². The highest BCUT2D eigenvalue weighted by Gasteiger charge is 2.12. The van der Waals surface area contributed by atoms with E-state index in [1.807, 2.05) is 0 Å². The second kappa shape index (κ2) is 5.35. The van der Waals surface area contributed by atoms with Gasteiger partial charge in [0.05, 0.1) is 16.7 Å². The fraction of sp³-hybridized carbons (Fsp3) is 0.0769. The molecule has 0 radical (unpaired) electrons. The molecule has 0 bridgehead atoms. The second-order valence-electron chi connectivity index (χ2n) is 4.09. The Balaban J connectivity index is 2.34. The molecule has 0 saturated heterocycles. The number of nitro benzene ring substituents is 1. The average molecular weight is 272 g/mol. The van der Waals surface area contributed by atoms with Crippen LogP contribution in [0.5, 0.6) is 11.5 Å². The number of hydrogen-bond acceptors (Lipinski definition) is 5. The Bertz CT molecular complexity index is 685. The number of nitrogens with one attached hydrogen (secondary N) is 1. The number of benzene rings is 1. The molecule has 2 aromatic rings. The number of nitrogens with zero attached hydrogens (tertiary/aromatic N) is 2. The van der Waals surface area contributed by atoms with E-state index in [0.29, 0.717) is 22.6 Å². The number of nitro groups is 1. The Hall–Kier alpha value is -2.96. The van der Waals surface area contributed by atoms with Crippen molar-refractivity contribution in [3.8, 4) is 11.5 Å². The first-order chi connectivity index (χ1) is 9.49. The zero-order chi connectivity index (χ0) is 14.7. The van der Waals surface area contributed by atoms with Crippen molar-refractivity contribution in [3.63, 3.8) is 0 Å². The smallest absolute Gasteiger partial charge is 0.272 e. The van der Waals surface area contributed by atoms with Gasteiger partial charge in [-0.05, 0) is 25.1 Å². The van der Waals surface area contributed by atoms with Crippen LogP contribution in [0.4, 0.5) is 5.69 Å². The van der Waals surface area contributed by atoms with E-state index in [9.17, 15) is 10.1 Å². The summed E-state index contributed by atoms with van der Waals surface area (Å²) in [4.78, 5) is 14.2. The van der Waals surface area contributed by atoms with Crippen LogP contribution in [0.15, 0.2) is 36.7 Å². The van der Waals surface area contributed by atoms with Crippen LogP contribution in [0, 0.1) is 22.4 Å². The predicted octanol–water partition coefficient (Wildman–Crippen LogP) is 2.37. The van der Waals surface area contributed by atoms with Gasteiger partial charge < -0.3 is 10.5 Å². The van der Waals surface area contributed by atoms with Crippen molar-refractivity contribution < 1.29 is 9.66 Å². The first-order valence-corrected chi connectivity index (χ1v) is 5.70. The molecule has 1 aromatic heterocycles. The summed E-state index contributed by atoms with van der Waals surface area (Å²) in [5.41, 5.74) is 6.37. The molecule has 0 aliphatic carbocycles. The highest BCUT2D eigenvalue weighted by molar-refractivity contribution is 5.97. The van der Waals surface area contributed by atoms with Crippen molar-refractivity contribution in [2.45, 2.75) is 6.92 Å². The standard InChI is InChI=1S/C13H12N4O3/c1-8-6-9(2-3-11(8)17(18)19)20-12-7-16-5-4-10(12)13(14)15/h2-7H,1H3,(H3,14,15). The first kappa shape index (κ1) is 13.5. The molecule has 1 aromatic carbocycles. The lowest BCUT2D eigenvalue weighted by Gasteiger charge is -2.10. The molecular weight excluding hydrogens is 260 g/mol. The number of nitrogens with two attached hydrogens (primary N) is 1. The predicted molar refractivity (Wildman–Crippen MR) is 73.2 cm³/mol. The van der Waals surface area contributed by atoms with Gasteiger partial charge in [-0.2, -0.15) is 0 Å². The molecule has 0 saturated carbocycles. The Morgan fingerprint density at radius 1 is 1.45 bits per heavy atom. The molecule has 1 heterocycles. The Kier molecular flexibility index (Phi) is 3.60. The van der Waals surface area contributed by atoms with Crippen LogP contribution < -0.4 is 10.5 Å². The summed E-state index contributed by atoms with van der Waals surface area (Å²) in [7, 11) is 0. The van der Waals surface area contributed by atoms with Gasteiger partial charge in [-0.3, -0.25) is 20.5 Å². The number of aromatic nitrogens is 1. The molecule has 7 nitrogen and oxygen atoms in total. The van der Waals surface area contributed by atoms with Crippen LogP contribution in [0.25, 0.3) is 0 Å². The van der Waals surface area contributed by atoms with Crippen molar-refractivity contribution >= 4 is 11.5 Å². The van der Waals surface area contributed by atoms with Gasteiger partial charge in [0.1, 0.15) is 11.6 Å². The fourth-order valence-corrected chi connectivity index (χ4v) is 1.71. The number of pyridine rings is 1. The third-order valence-electron chi connectivity index (χ3n) is 2.67. The Labute approximate surface area is 114 Å². The van der Waals surface area contributed by atoms with Crippen LogP contribution in [0.2, 0.25) is 0 Å². The monoisotopic (exact) mass is 272 g/mol. The summed E-state index contributed by atoms with van der Waals surface area (Å²) in [5.74, 6) is 0.609. The second-order valence-corrected chi connectivity index (χ2v) is 4.09. The molecule has 0 spiro atoms. The van der Waals surface area contributed by atoms with Gasteiger partial charge in [0, 0.05) is 17.8 Å². The molecule has 0 aliphatic heterocycles. The quantitative estimate of drug-likeness (QED) is 0.383. The number of rotatable bonds is 4. The van der Waals surface area contributed by atoms with Gasteiger partial charge in [0.25, 0.3) is 5.69 Å². The van der Waals surface area contributed by atoms with E-state index in [2.05, 4.69) is 4.98 Å². The first-order valence-electron chi connectivity index (χ1n) is 5.70. The van der Waals surface area contributed by atoms with E-state index in [1.54, 1.807) is 19.1 Å². The minimum absolute atomic E-state index is 0.0235. The number of aryl methyl sites for hydroxylation is 1. The highest BCUT2D eigenvalue weighted by Crippen LogP contribution is 2.28. The molecule has 7 heteroatoms. The van der Waals surface area contributed by atoms with Crippen LogP contribution >= 0.6 is 0 Å². The minimum Gasteiger partial charge on any atom is -0.455 e. The molecule has 102 valence electrons. The van der Waals surface area contributed by atoms with Crippen molar-refractivity contribution in [3.05, 3.63) is 57.9 Å². The molecule has 2 rings (SSSR count). The summed E-state index contributed by atoms with van der Waals surface area (Å²) >= 11 is 0. The molecule has 0 fully saturated rings. The summed E-state index contributed by atoms with van der Waals surface area (Å²) in [5, 5.41) is 18.2. The van der Waals surface area contributed by atoms with Crippen LogP contribution in [0.3, 0.4) is 0 Å². The van der Waals surface area contributed by atoms with E-state index in [4.69, 9.17) is 15.9 Å². The maximum absolute atomic E-state index is 10.7. The zero-order valence-electron chi connectivity index (χ0n) is 10.7. The van der Waals surface area contributed by atoms with Crippen molar-refractivity contribution in [2.24, 2.45) is 5.73 Å². The summed E-state index contributed by atoms with van der Waals surface area (Å²) in [6.45, 7) is 1.63. The van der Waals surface area contributed by atoms with Gasteiger partial charge in [0.15, 0.2) is 5.75 Å². The zero-order valence-corrected chi connectivity index (χ0v) is 10.7. The molecule has 0 unspecified atom stereocenters. The third kappa shape index (κ3) is 2.72. The van der Waals surface area contributed by atoms with E-state index in [0.717, 1.165) is 0 Å². The minimum atomic E-state index is -0.454. The van der Waals surface area contributed by atoms with Gasteiger partial charge in [-0.25, -0.2) is 0 Å². The summed E-state index contributed by atoms with van der Waals surface area (Å²) in [6.07, 6.45) is 2.94. The van der Waals surface area contributed by atoms with Crippen molar-refractivity contribution in [2.75, 3.05) is 0 Å². The van der Waals surface area contributed by atoms with E-state index in [1.165, 1.54) is 24.5 Å². The topological polar surface area (TPSA) is 115 Å². The maximum Gasteiger partial charge on any atom is 0.272 e. The van der Waals surface area contributed by atoms with E-state index >= 15 is 0 Å². The molecule has 0 amide bonds. The fourth-order valence-electron chi connectivity index (χ4n) is 1.71. The number of amidine groups is 1. The molecule has 3 N–H and O–H groups in total. The average Bonchev–Trinajstić information content (AvgIpc) is 2.38. The van der Waals surface area contributed by atoms with Crippen LogP contribution in [0.1, 0.15) is 11.1 Å². The SMILES string of the molecule is Cc1cc(Oc2cnccc2C(=N)N)ccc1[N+](=O)[O-]. The largest absolute Gasteiger partial charge is 0.455 e. The highest BCUT2D eigenvalue weighted by atomic mass is 16.6. The lowest BCUT2D eigenvalue weighted by Crippen LogP contribution is -2.12. The molecule has 20 heavy (non-hydrogen) atoms. The van der Waals surface area contributed by atoms with Crippen LogP contribution in [-0.2, 0) is 0 Å². The normalized spacial score (nSPS) is 10.1. The number of ether oxygens (including phenoxy) is 1. The van der Waals surface area contributed by atoms with Gasteiger partial charge in [0.2, 0.25) is 0 Å². The van der Waals surface area contributed by atoms with Gasteiger partial charge in [-0.15, -0.1) is 0 Å². The molecule has 0 atom stereocenters. The van der Waals surface area contributed by atoms with Gasteiger partial charge >= 0.3 is 0 Å². The lowest BCUT2D eigenvalue weighted by molar-refractivity contribution is -0.385. The van der Waals surface area contributed by atoms with E-state index in [-0.39, 0.29) is 11.5 Å². The number of hydrogen-bond donors (Lipinski definition) is 2. The third-order valence-corrected chi connectivity index (χ3v) is 2.67. The van der Waals surface area contributed by atoms with Gasteiger partial charge in [-0.1, -0.05) is 0 Å². The van der Waals surface area contributed by atoms with Crippen molar-refractivity contribution in [1.82, 2.24) is 4.98 Å². The number of nitrogen functional groups attached to an aromatic ring is 1. The molecular formula is C13H12N4O3. The molecule has 0 aliphatic rings. The Morgan fingerprint density at radius 3 is 2.80 bits per heavy atom. The lowest BCUT2D eigenvalue weighted by atomic mass is 10.2. The summed E-state index contributed by atoms with van der Waals surface area (Å²) in [6, 6.07) is 5.97. The van der Waals surface area contributed by atoms with Crippen LogP contribution in [-0.4, -0.2) is 15.7 Å². The summed E-state index contributed by atoms with van der Waals surface area (Å²) < 4.78 is 5.58. The maximum atomic E-state index is 10.7. The van der Waals surface area contributed by atoms with Crippen molar-refractivity contribution in [1.29, 1.82) is 5.41 Å².